The Morgan fingerprint density at radius 3 is 2.37 bits per heavy atom. The van der Waals surface area contributed by atoms with Gasteiger partial charge >= 0.3 is 0 Å². The minimum absolute atomic E-state index is 0.104. The standard InChI is InChI=1S/C28H28N4O3/c1-3-31(19-21-11-6-4-7-12-21)26(33)18-29-28(34)25-20-32(23-14-8-5-9-15-23)30-27(25)22-13-10-16-24(17-22)35-2/h4-17,20H,3,18-19H2,1-2H3,(H,29,34). The number of likely N-dealkylation sites (N-methyl/N-ethyl adjacent to an activating group) is 1. The van der Waals surface area contributed by atoms with Crippen LogP contribution in [-0.4, -0.2) is 46.7 Å². The summed E-state index contributed by atoms with van der Waals surface area (Å²) >= 11 is 0. The molecule has 1 heterocycles. The van der Waals surface area contributed by atoms with Crippen LogP contribution in [0, 0.1) is 0 Å². The Kier molecular flexibility index (Phi) is 7.57. The van der Waals surface area contributed by atoms with Gasteiger partial charge in [-0.1, -0.05) is 60.7 Å². The Labute approximate surface area is 205 Å². The molecular weight excluding hydrogens is 440 g/mol. The maximum Gasteiger partial charge on any atom is 0.255 e. The molecule has 0 aliphatic carbocycles. The van der Waals surface area contributed by atoms with Gasteiger partial charge in [-0.2, -0.15) is 5.10 Å². The zero-order valence-corrected chi connectivity index (χ0v) is 19.8. The number of nitrogens with zero attached hydrogens (tertiary/aromatic N) is 3. The van der Waals surface area contributed by atoms with Gasteiger partial charge in [0.15, 0.2) is 0 Å². The topological polar surface area (TPSA) is 76.5 Å². The molecule has 35 heavy (non-hydrogen) atoms. The third-order valence-corrected chi connectivity index (χ3v) is 5.67. The van der Waals surface area contributed by atoms with Gasteiger partial charge in [-0.3, -0.25) is 9.59 Å². The molecule has 0 fully saturated rings. The first kappa shape index (κ1) is 23.8. The molecule has 0 aliphatic heterocycles. The van der Waals surface area contributed by atoms with Crippen LogP contribution in [0.25, 0.3) is 16.9 Å². The Bertz CT molecular complexity index is 1290. The number of benzene rings is 3. The fourth-order valence-electron chi connectivity index (χ4n) is 3.78. The summed E-state index contributed by atoms with van der Waals surface area (Å²) in [7, 11) is 1.59. The number of carbonyl (C=O) groups is 2. The summed E-state index contributed by atoms with van der Waals surface area (Å²) in [6, 6.07) is 26.7. The smallest absolute Gasteiger partial charge is 0.255 e. The van der Waals surface area contributed by atoms with Gasteiger partial charge in [0.1, 0.15) is 11.4 Å². The zero-order valence-electron chi connectivity index (χ0n) is 19.8. The van der Waals surface area contributed by atoms with Crippen LogP contribution in [0.5, 0.6) is 5.75 Å². The lowest BCUT2D eigenvalue weighted by molar-refractivity contribution is -0.130. The van der Waals surface area contributed by atoms with E-state index >= 15 is 0 Å². The number of carbonyl (C=O) groups excluding carboxylic acids is 2. The van der Waals surface area contributed by atoms with Crippen molar-refractivity contribution in [2.75, 3.05) is 20.2 Å². The quantitative estimate of drug-likeness (QED) is 0.397. The lowest BCUT2D eigenvalue weighted by Gasteiger charge is -2.21. The van der Waals surface area contributed by atoms with E-state index in [0.717, 1.165) is 16.8 Å². The third-order valence-electron chi connectivity index (χ3n) is 5.67. The van der Waals surface area contributed by atoms with Gasteiger partial charge < -0.3 is 15.0 Å². The van der Waals surface area contributed by atoms with Crippen LogP contribution in [0.2, 0.25) is 0 Å². The van der Waals surface area contributed by atoms with E-state index < -0.39 is 0 Å². The van der Waals surface area contributed by atoms with Crippen LogP contribution in [0.1, 0.15) is 22.8 Å². The van der Waals surface area contributed by atoms with Gasteiger partial charge in [0.2, 0.25) is 5.91 Å². The molecule has 1 N–H and O–H groups in total. The van der Waals surface area contributed by atoms with Crippen LogP contribution in [-0.2, 0) is 11.3 Å². The SMILES string of the molecule is CCN(Cc1ccccc1)C(=O)CNC(=O)c1cn(-c2ccccc2)nc1-c1cccc(OC)c1. The van der Waals surface area contributed by atoms with E-state index in [1.165, 1.54) is 0 Å². The van der Waals surface area contributed by atoms with Crippen LogP contribution < -0.4 is 10.1 Å². The number of ether oxygens (including phenoxy) is 1. The molecule has 4 rings (SSSR count). The molecule has 4 aromatic rings. The van der Waals surface area contributed by atoms with Crippen molar-refractivity contribution in [1.29, 1.82) is 0 Å². The molecule has 0 atom stereocenters. The molecule has 0 saturated carbocycles. The number of aromatic nitrogens is 2. The Balaban J connectivity index is 1.56. The number of hydrogen-bond donors (Lipinski definition) is 1. The van der Waals surface area contributed by atoms with E-state index in [0.29, 0.717) is 30.1 Å². The van der Waals surface area contributed by atoms with Crippen molar-refractivity contribution in [3.05, 3.63) is 102 Å². The number of para-hydroxylation sites is 1. The average molecular weight is 469 g/mol. The van der Waals surface area contributed by atoms with Crippen LogP contribution in [0.4, 0.5) is 0 Å². The highest BCUT2D eigenvalue weighted by molar-refractivity contribution is 6.01. The van der Waals surface area contributed by atoms with Gasteiger partial charge in [0.05, 0.1) is 24.9 Å². The lowest BCUT2D eigenvalue weighted by atomic mass is 10.1. The molecular formula is C28H28N4O3. The van der Waals surface area contributed by atoms with E-state index in [9.17, 15) is 9.59 Å². The number of hydrogen-bond acceptors (Lipinski definition) is 4. The second-order valence-corrected chi connectivity index (χ2v) is 7.98. The summed E-state index contributed by atoms with van der Waals surface area (Å²) in [6.45, 7) is 2.86. The maximum atomic E-state index is 13.2. The molecule has 1 aromatic heterocycles. The number of nitrogens with one attached hydrogen (secondary N) is 1. The van der Waals surface area contributed by atoms with Crippen LogP contribution in [0.3, 0.4) is 0 Å². The fourth-order valence-corrected chi connectivity index (χ4v) is 3.78. The second-order valence-electron chi connectivity index (χ2n) is 7.98. The summed E-state index contributed by atoms with van der Waals surface area (Å²) in [5, 5.41) is 7.47. The molecule has 0 bridgehead atoms. The normalized spacial score (nSPS) is 10.6. The van der Waals surface area contributed by atoms with Crippen molar-refractivity contribution >= 4 is 11.8 Å². The van der Waals surface area contributed by atoms with Crippen molar-refractivity contribution in [1.82, 2.24) is 20.0 Å². The van der Waals surface area contributed by atoms with E-state index in [4.69, 9.17) is 4.74 Å². The summed E-state index contributed by atoms with van der Waals surface area (Å²) in [5.41, 5.74) is 3.50. The molecule has 0 saturated heterocycles. The van der Waals surface area contributed by atoms with Gasteiger partial charge in [-0.15, -0.1) is 0 Å². The molecule has 0 radical (unpaired) electrons. The summed E-state index contributed by atoms with van der Waals surface area (Å²) in [5.74, 6) is 0.148. The van der Waals surface area contributed by atoms with E-state index in [1.807, 2.05) is 91.9 Å². The van der Waals surface area contributed by atoms with Gasteiger partial charge in [-0.25, -0.2) is 4.68 Å². The first-order valence-electron chi connectivity index (χ1n) is 11.5. The number of rotatable bonds is 9. The van der Waals surface area contributed by atoms with Gasteiger partial charge in [0.25, 0.3) is 5.91 Å². The van der Waals surface area contributed by atoms with Crippen LogP contribution in [0.15, 0.2) is 91.1 Å². The Morgan fingerprint density at radius 1 is 0.971 bits per heavy atom. The van der Waals surface area contributed by atoms with Gasteiger partial charge in [0, 0.05) is 24.8 Å². The Morgan fingerprint density at radius 2 is 1.69 bits per heavy atom. The minimum atomic E-state index is -0.367. The van der Waals surface area contributed by atoms with Crippen molar-refractivity contribution in [3.63, 3.8) is 0 Å². The molecule has 7 nitrogen and oxygen atoms in total. The van der Waals surface area contributed by atoms with Gasteiger partial charge in [-0.05, 0) is 36.8 Å². The average Bonchev–Trinajstić information content (AvgIpc) is 3.37. The monoisotopic (exact) mass is 468 g/mol. The molecule has 0 aliphatic rings. The largest absolute Gasteiger partial charge is 0.497 e. The van der Waals surface area contributed by atoms with Crippen molar-refractivity contribution in [3.8, 4) is 22.7 Å². The molecule has 7 heteroatoms. The summed E-state index contributed by atoms with van der Waals surface area (Å²) < 4.78 is 7.02. The first-order valence-corrected chi connectivity index (χ1v) is 11.5. The maximum absolute atomic E-state index is 13.2. The molecule has 178 valence electrons. The predicted octanol–water partition coefficient (Wildman–Crippen LogP) is 4.33. The number of amides is 2. The van der Waals surface area contributed by atoms with E-state index in [-0.39, 0.29) is 18.4 Å². The summed E-state index contributed by atoms with van der Waals surface area (Å²) in [4.78, 5) is 27.8. The highest BCUT2D eigenvalue weighted by Gasteiger charge is 2.21. The lowest BCUT2D eigenvalue weighted by Crippen LogP contribution is -2.39. The van der Waals surface area contributed by atoms with Crippen molar-refractivity contribution < 1.29 is 14.3 Å². The second kappa shape index (κ2) is 11.2. The van der Waals surface area contributed by atoms with E-state index in [2.05, 4.69) is 10.4 Å². The highest BCUT2D eigenvalue weighted by atomic mass is 16.5. The van der Waals surface area contributed by atoms with E-state index in [1.54, 1.807) is 22.9 Å². The third kappa shape index (κ3) is 5.76. The highest BCUT2D eigenvalue weighted by Crippen LogP contribution is 2.27. The number of methoxy groups -OCH3 is 1. The fraction of sp³-hybridized carbons (Fsp3) is 0.179. The predicted molar refractivity (Wildman–Crippen MR) is 135 cm³/mol. The Hall–Kier alpha value is -4.39. The molecule has 2 amide bonds. The van der Waals surface area contributed by atoms with Crippen molar-refractivity contribution in [2.24, 2.45) is 0 Å². The summed E-state index contributed by atoms with van der Waals surface area (Å²) in [6.07, 6.45) is 1.69. The van der Waals surface area contributed by atoms with Crippen LogP contribution >= 0.6 is 0 Å². The minimum Gasteiger partial charge on any atom is -0.497 e. The zero-order chi connectivity index (χ0) is 24.6. The molecule has 0 spiro atoms. The molecule has 3 aromatic carbocycles. The molecule has 0 unspecified atom stereocenters. The van der Waals surface area contributed by atoms with Crippen molar-refractivity contribution in [2.45, 2.75) is 13.5 Å². The first-order chi connectivity index (χ1) is 17.1.